The molecule has 3 N–H and O–H groups in total. The van der Waals surface area contributed by atoms with Gasteiger partial charge in [-0.25, -0.2) is 0 Å². The molecule has 0 radical (unpaired) electrons. The minimum Gasteiger partial charge on any atom is -0.396 e. The summed E-state index contributed by atoms with van der Waals surface area (Å²) in [5.74, 6) is 0. The number of aliphatic hydroxyl groups excluding tert-OH is 1. The van der Waals surface area contributed by atoms with E-state index in [-0.39, 0.29) is 6.61 Å². The molecule has 1 rings (SSSR count). The summed E-state index contributed by atoms with van der Waals surface area (Å²) < 4.78 is 1.13. The van der Waals surface area contributed by atoms with Crippen LogP contribution in [-0.2, 0) is 0 Å². The van der Waals surface area contributed by atoms with E-state index in [0.29, 0.717) is 6.54 Å². The van der Waals surface area contributed by atoms with Crippen molar-refractivity contribution in [1.82, 2.24) is 0 Å². The van der Waals surface area contributed by atoms with E-state index in [4.69, 9.17) is 10.8 Å². The van der Waals surface area contributed by atoms with Crippen LogP contribution in [0.2, 0.25) is 0 Å². The summed E-state index contributed by atoms with van der Waals surface area (Å²) >= 11 is 3.31. The zero-order valence-corrected chi connectivity index (χ0v) is 8.50. The number of halogens is 1. The van der Waals surface area contributed by atoms with Crippen LogP contribution in [-0.4, -0.2) is 18.3 Å². The lowest BCUT2D eigenvalue weighted by atomic mass is 10.4. The summed E-state index contributed by atoms with van der Waals surface area (Å²) in [6, 6.07) is 9.97. The Labute approximate surface area is 81.5 Å². The van der Waals surface area contributed by atoms with E-state index in [1.54, 1.807) is 0 Å². The fourth-order valence-corrected chi connectivity index (χ4v) is 0.811. The first-order chi connectivity index (χ1) is 5.81. The maximum atomic E-state index is 7.99. The minimum atomic E-state index is 0.219. The molecule has 0 bridgehead atoms. The Morgan fingerprint density at radius 2 is 1.83 bits per heavy atom. The zero-order chi connectivity index (χ0) is 9.23. The third-order valence-corrected chi connectivity index (χ3v) is 1.62. The molecule has 0 fully saturated rings. The maximum absolute atomic E-state index is 7.99. The SMILES string of the molecule is Brc1ccccc1.NCCCO. The third kappa shape index (κ3) is 7.72. The van der Waals surface area contributed by atoms with Crippen molar-refractivity contribution in [2.75, 3.05) is 13.2 Å². The number of aliphatic hydroxyl groups is 1. The highest BCUT2D eigenvalue weighted by atomic mass is 79.9. The van der Waals surface area contributed by atoms with Crippen LogP contribution in [0.15, 0.2) is 34.8 Å². The Kier molecular flexibility index (Phi) is 8.44. The summed E-state index contributed by atoms with van der Waals surface area (Å²) in [7, 11) is 0. The molecule has 0 aliphatic rings. The lowest BCUT2D eigenvalue weighted by Crippen LogP contribution is -1.99. The van der Waals surface area contributed by atoms with Crippen molar-refractivity contribution < 1.29 is 5.11 Å². The highest BCUT2D eigenvalue weighted by Crippen LogP contribution is 2.05. The van der Waals surface area contributed by atoms with Gasteiger partial charge in [-0.1, -0.05) is 34.1 Å². The molecule has 0 heterocycles. The standard InChI is InChI=1S/C6H5Br.C3H9NO/c7-6-4-2-1-3-5-6;4-2-1-3-5/h1-5H;5H,1-4H2. The van der Waals surface area contributed by atoms with Crippen LogP contribution in [0.1, 0.15) is 6.42 Å². The second kappa shape index (κ2) is 8.71. The Hall–Kier alpha value is -0.380. The topological polar surface area (TPSA) is 46.2 Å². The first kappa shape index (κ1) is 11.6. The molecule has 0 saturated heterocycles. The fourth-order valence-electron chi connectivity index (χ4n) is 0.506. The highest BCUT2D eigenvalue weighted by molar-refractivity contribution is 9.10. The number of benzene rings is 1. The second-order valence-corrected chi connectivity index (χ2v) is 3.08. The van der Waals surface area contributed by atoms with E-state index in [9.17, 15) is 0 Å². The highest BCUT2D eigenvalue weighted by Gasteiger charge is 1.74. The van der Waals surface area contributed by atoms with Crippen molar-refractivity contribution in [1.29, 1.82) is 0 Å². The van der Waals surface area contributed by atoms with Gasteiger partial charge < -0.3 is 10.8 Å². The van der Waals surface area contributed by atoms with Crippen LogP contribution in [0.25, 0.3) is 0 Å². The summed E-state index contributed by atoms with van der Waals surface area (Å²) in [5, 5.41) is 7.99. The van der Waals surface area contributed by atoms with Gasteiger partial charge in [0.1, 0.15) is 0 Å². The molecule has 3 heteroatoms. The molecular formula is C9H14BrNO. The van der Waals surface area contributed by atoms with E-state index in [1.165, 1.54) is 0 Å². The molecule has 0 amide bonds. The van der Waals surface area contributed by atoms with Crippen LogP contribution < -0.4 is 5.73 Å². The normalized spacial score (nSPS) is 8.58. The molecular weight excluding hydrogens is 218 g/mol. The lowest BCUT2D eigenvalue weighted by molar-refractivity contribution is 0.291. The third-order valence-electron chi connectivity index (χ3n) is 1.10. The van der Waals surface area contributed by atoms with E-state index in [2.05, 4.69) is 15.9 Å². The molecule has 0 aliphatic carbocycles. The van der Waals surface area contributed by atoms with Gasteiger partial charge in [0, 0.05) is 11.1 Å². The van der Waals surface area contributed by atoms with Crippen LogP contribution in [0.4, 0.5) is 0 Å². The first-order valence-corrected chi connectivity index (χ1v) is 4.62. The van der Waals surface area contributed by atoms with Gasteiger partial charge in [-0.15, -0.1) is 0 Å². The average molecular weight is 232 g/mol. The van der Waals surface area contributed by atoms with Crippen molar-refractivity contribution in [3.8, 4) is 0 Å². The van der Waals surface area contributed by atoms with Crippen molar-refractivity contribution in [3.63, 3.8) is 0 Å². The minimum absolute atomic E-state index is 0.219. The van der Waals surface area contributed by atoms with Gasteiger partial charge >= 0.3 is 0 Å². The first-order valence-electron chi connectivity index (χ1n) is 3.82. The summed E-state index contributed by atoms with van der Waals surface area (Å²) in [6.45, 7) is 0.812. The van der Waals surface area contributed by atoms with Gasteiger partial charge in [0.25, 0.3) is 0 Å². The molecule has 0 atom stereocenters. The Bertz CT molecular complexity index is 177. The van der Waals surface area contributed by atoms with E-state index in [0.717, 1.165) is 10.9 Å². The summed E-state index contributed by atoms with van der Waals surface area (Å²) in [6.07, 6.45) is 0.722. The molecule has 0 saturated carbocycles. The van der Waals surface area contributed by atoms with Crippen LogP contribution in [0, 0.1) is 0 Å². The molecule has 12 heavy (non-hydrogen) atoms. The molecule has 0 aliphatic heterocycles. The van der Waals surface area contributed by atoms with Gasteiger partial charge in [0.15, 0.2) is 0 Å². The number of hydrogen-bond acceptors (Lipinski definition) is 2. The molecule has 2 nitrogen and oxygen atoms in total. The van der Waals surface area contributed by atoms with Gasteiger partial charge in [-0.2, -0.15) is 0 Å². The Morgan fingerprint density at radius 3 is 2.00 bits per heavy atom. The quantitative estimate of drug-likeness (QED) is 0.816. The Morgan fingerprint density at radius 1 is 1.25 bits per heavy atom. The smallest absolute Gasteiger partial charge is 0.0443 e. The van der Waals surface area contributed by atoms with Crippen molar-refractivity contribution in [2.45, 2.75) is 6.42 Å². The molecule has 0 aromatic heterocycles. The monoisotopic (exact) mass is 231 g/mol. The lowest BCUT2D eigenvalue weighted by Gasteiger charge is -1.80. The van der Waals surface area contributed by atoms with Crippen LogP contribution in [0.3, 0.4) is 0 Å². The number of hydrogen-bond donors (Lipinski definition) is 2. The van der Waals surface area contributed by atoms with Crippen LogP contribution in [0.5, 0.6) is 0 Å². The largest absolute Gasteiger partial charge is 0.396 e. The van der Waals surface area contributed by atoms with Crippen molar-refractivity contribution >= 4 is 15.9 Å². The Balaban J connectivity index is 0.000000217. The van der Waals surface area contributed by atoms with Crippen LogP contribution >= 0.6 is 15.9 Å². The van der Waals surface area contributed by atoms with Gasteiger partial charge in [0.05, 0.1) is 0 Å². The molecule has 0 spiro atoms. The summed E-state index contributed by atoms with van der Waals surface area (Å²) in [4.78, 5) is 0. The number of rotatable bonds is 2. The van der Waals surface area contributed by atoms with Crippen molar-refractivity contribution in [3.05, 3.63) is 34.8 Å². The average Bonchev–Trinajstić information content (AvgIpc) is 2.08. The van der Waals surface area contributed by atoms with Gasteiger partial charge in [-0.05, 0) is 25.1 Å². The number of nitrogens with two attached hydrogens (primary N) is 1. The predicted molar refractivity (Wildman–Crippen MR) is 54.9 cm³/mol. The molecule has 68 valence electrons. The van der Waals surface area contributed by atoms with E-state index < -0.39 is 0 Å². The summed E-state index contributed by atoms with van der Waals surface area (Å²) in [5.41, 5.74) is 4.98. The van der Waals surface area contributed by atoms with E-state index >= 15 is 0 Å². The van der Waals surface area contributed by atoms with Crippen molar-refractivity contribution in [2.24, 2.45) is 5.73 Å². The van der Waals surface area contributed by atoms with E-state index in [1.807, 2.05) is 30.3 Å². The fraction of sp³-hybridized carbons (Fsp3) is 0.333. The maximum Gasteiger partial charge on any atom is 0.0443 e. The molecule has 0 unspecified atom stereocenters. The van der Waals surface area contributed by atoms with Gasteiger partial charge in [0.2, 0.25) is 0 Å². The second-order valence-electron chi connectivity index (χ2n) is 2.16. The predicted octanol–water partition coefficient (Wildman–Crippen LogP) is 1.78. The molecule has 1 aromatic rings. The molecule has 1 aromatic carbocycles. The zero-order valence-electron chi connectivity index (χ0n) is 6.91. The van der Waals surface area contributed by atoms with Gasteiger partial charge in [-0.3, -0.25) is 0 Å².